The zero-order valence-corrected chi connectivity index (χ0v) is 15.2. The van der Waals surface area contributed by atoms with Gasteiger partial charge in [0.05, 0.1) is 5.39 Å². The molecule has 1 saturated carbocycles. The van der Waals surface area contributed by atoms with Crippen LogP contribution in [-0.2, 0) is 17.1 Å². The maximum atomic E-state index is 12.7. The fourth-order valence-electron chi connectivity index (χ4n) is 3.11. The summed E-state index contributed by atoms with van der Waals surface area (Å²) in [7, 11) is -2.43. The lowest BCUT2D eigenvalue weighted by Gasteiger charge is -2.28. The number of hydrogen-bond donors (Lipinski definition) is 3. The molecule has 1 fully saturated rings. The first-order valence-electron chi connectivity index (χ1n) is 7.61. The summed E-state index contributed by atoms with van der Waals surface area (Å²) < 4.78 is 29.2. The van der Waals surface area contributed by atoms with E-state index >= 15 is 0 Å². The number of nitrogens with zero attached hydrogens (tertiary/aromatic N) is 2. The van der Waals surface area contributed by atoms with Gasteiger partial charge >= 0.3 is 5.69 Å². The van der Waals surface area contributed by atoms with Gasteiger partial charge < -0.3 is 5.73 Å². The number of pyridine rings is 1. The fraction of sp³-hybridized carbons (Fsp3) is 0.500. The maximum absolute atomic E-state index is 12.7. The highest BCUT2D eigenvalue weighted by Gasteiger charge is 2.37. The molecule has 9 nitrogen and oxygen atoms in total. The first kappa shape index (κ1) is 19.6. The van der Waals surface area contributed by atoms with E-state index in [0.29, 0.717) is 12.8 Å². The molecule has 0 unspecified atom stereocenters. The molecule has 0 amide bonds. The van der Waals surface area contributed by atoms with Crippen LogP contribution < -0.4 is 21.7 Å². The topological polar surface area (TPSA) is 140 Å². The number of nitrogens with two attached hydrogens (primary N) is 1. The van der Waals surface area contributed by atoms with E-state index in [2.05, 4.69) is 14.7 Å². The molecule has 11 heteroatoms. The number of aromatic nitrogens is 3. The lowest BCUT2D eigenvalue weighted by Crippen LogP contribution is -2.51. The first-order valence-corrected chi connectivity index (χ1v) is 9.09. The van der Waals surface area contributed by atoms with Crippen LogP contribution in [0.1, 0.15) is 25.7 Å². The molecule has 0 atom stereocenters. The van der Waals surface area contributed by atoms with Crippen LogP contribution in [0.15, 0.2) is 26.7 Å². The van der Waals surface area contributed by atoms with Gasteiger partial charge in [-0.3, -0.25) is 14.3 Å². The number of hydrogen-bond acceptors (Lipinski definition) is 6. The van der Waals surface area contributed by atoms with Crippen molar-refractivity contribution >= 4 is 33.5 Å². The summed E-state index contributed by atoms with van der Waals surface area (Å²) in [6, 6.07) is 1.22. The molecule has 0 spiro atoms. The van der Waals surface area contributed by atoms with Crippen LogP contribution in [0.4, 0.5) is 0 Å². The number of aryl methyl sites for hydroxylation is 1. The highest BCUT2D eigenvalue weighted by Crippen LogP contribution is 2.30. The van der Waals surface area contributed by atoms with E-state index in [1.165, 1.54) is 13.1 Å². The zero-order chi connectivity index (χ0) is 17.5. The van der Waals surface area contributed by atoms with Gasteiger partial charge in [0.25, 0.3) is 5.56 Å². The summed E-state index contributed by atoms with van der Waals surface area (Å²) in [5.74, 6) is 0. The Labute approximate surface area is 150 Å². The number of nitrogens with one attached hydrogen (secondary N) is 2. The Bertz CT molecular complexity index is 1010. The van der Waals surface area contributed by atoms with Crippen LogP contribution in [0.2, 0.25) is 0 Å². The second-order valence-corrected chi connectivity index (χ2v) is 7.84. The fourth-order valence-corrected chi connectivity index (χ4v) is 4.55. The highest BCUT2D eigenvalue weighted by atomic mass is 35.5. The van der Waals surface area contributed by atoms with Gasteiger partial charge in [-0.05, 0) is 18.9 Å². The van der Waals surface area contributed by atoms with Gasteiger partial charge in [-0.1, -0.05) is 12.8 Å². The molecule has 3 rings (SSSR count). The Hall–Kier alpha value is -1.75. The molecule has 0 radical (unpaired) electrons. The lowest BCUT2D eigenvalue weighted by atomic mass is 10.0. The smallest absolute Gasteiger partial charge is 0.329 e. The van der Waals surface area contributed by atoms with Crippen LogP contribution in [0, 0.1) is 0 Å². The highest BCUT2D eigenvalue weighted by molar-refractivity contribution is 7.89. The molecule has 138 valence electrons. The van der Waals surface area contributed by atoms with Crippen molar-refractivity contribution in [1.29, 1.82) is 0 Å². The van der Waals surface area contributed by atoms with E-state index in [1.54, 1.807) is 0 Å². The van der Waals surface area contributed by atoms with Gasteiger partial charge in [0, 0.05) is 25.3 Å². The van der Waals surface area contributed by atoms with Crippen LogP contribution >= 0.6 is 12.4 Å². The summed E-state index contributed by atoms with van der Waals surface area (Å²) >= 11 is 0. The average Bonchev–Trinajstić information content (AvgIpc) is 3.00. The summed E-state index contributed by atoms with van der Waals surface area (Å²) in [4.78, 5) is 29.5. The van der Waals surface area contributed by atoms with E-state index in [0.717, 1.165) is 23.6 Å². The largest absolute Gasteiger partial charge is 0.329 e. The van der Waals surface area contributed by atoms with Crippen LogP contribution in [0.25, 0.3) is 11.0 Å². The Balaban J connectivity index is 0.00000225. The Morgan fingerprint density at radius 2 is 2.00 bits per heavy atom. The van der Waals surface area contributed by atoms with Crippen molar-refractivity contribution in [3.8, 4) is 0 Å². The molecular formula is C14H20ClN5O4S. The number of H-pyrrole nitrogens is 1. The number of sulfonamides is 1. The molecule has 4 N–H and O–H groups in total. The molecule has 2 aromatic heterocycles. The van der Waals surface area contributed by atoms with Crippen LogP contribution in [-0.4, -0.2) is 35.0 Å². The second kappa shape index (κ2) is 6.87. The SMILES string of the molecule is Cl.Cn1c(=O)[nH]c(=O)c2cc(S(=O)(=O)NC3(CN)CCCC3)cnc21. The number of aromatic amines is 1. The van der Waals surface area contributed by atoms with Gasteiger partial charge in [0.15, 0.2) is 0 Å². The number of halogens is 1. The van der Waals surface area contributed by atoms with Crippen molar-refractivity contribution in [2.45, 2.75) is 36.1 Å². The Morgan fingerprint density at radius 1 is 1.36 bits per heavy atom. The molecular weight excluding hydrogens is 370 g/mol. The molecule has 0 aliphatic heterocycles. The maximum Gasteiger partial charge on any atom is 0.329 e. The Morgan fingerprint density at radius 3 is 2.60 bits per heavy atom. The number of rotatable bonds is 4. The van der Waals surface area contributed by atoms with Crippen molar-refractivity contribution in [1.82, 2.24) is 19.3 Å². The zero-order valence-electron chi connectivity index (χ0n) is 13.6. The minimum atomic E-state index is -3.88. The monoisotopic (exact) mass is 389 g/mol. The molecule has 1 aliphatic carbocycles. The molecule has 0 bridgehead atoms. The average molecular weight is 390 g/mol. The van der Waals surface area contributed by atoms with Gasteiger partial charge in [0.2, 0.25) is 10.0 Å². The molecule has 0 aromatic carbocycles. The molecule has 2 heterocycles. The van der Waals surface area contributed by atoms with E-state index in [1.807, 2.05) is 0 Å². The summed E-state index contributed by atoms with van der Waals surface area (Å²) in [5, 5.41) is 0.0354. The molecule has 25 heavy (non-hydrogen) atoms. The standard InChI is InChI=1S/C14H19N5O4S.ClH/c1-19-11-10(12(20)17-13(19)21)6-9(7-16-11)24(22,23)18-14(8-15)4-2-3-5-14;/h6-7,18H,2-5,8,15H2,1H3,(H,17,20,21);1H. The van der Waals surface area contributed by atoms with Crippen molar-refractivity contribution in [2.75, 3.05) is 6.54 Å². The third-order valence-electron chi connectivity index (χ3n) is 4.54. The number of fused-ring (bicyclic) bond motifs is 1. The quantitative estimate of drug-likeness (QED) is 0.649. The minimum Gasteiger partial charge on any atom is -0.329 e. The van der Waals surface area contributed by atoms with Crippen LogP contribution in [0.5, 0.6) is 0 Å². The second-order valence-electron chi connectivity index (χ2n) is 6.16. The Kier molecular flexibility index (Phi) is 5.38. The van der Waals surface area contributed by atoms with E-state index < -0.39 is 26.8 Å². The van der Waals surface area contributed by atoms with E-state index in [9.17, 15) is 18.0 Å². The summed E-state index contributed by atoms with van der Waals surface area (Å²) in [5.41, 5.74) is 3.96. The third kappa shape index (κ3) is 3.47. The van der Waals surface area contributed by atoms with Gasteiger partial charge in [-0.2, -0.15) is 0 Å². The van der Waals surface area contributed by atoms with E-state index in [4.69, 9.17) is 5.73 Å². The lowest BCUT2D eigenvalue weighted by molar-refractivity contribution is 0.399. The van der Waals surface area contributed by atoms with Gasteiger partial charge in [-0.25, -0.2) is 22.9 Å². The summed E-state index contributed by atoms with van der Waals surface area (Å²) in [6.45, 7) is 0.211. The molecule has 1 aliphatic rings. The minimum absolute atomic E-state index is 0. The third-order valence-corrected chi connectivity index (χ3v) is 6.09. The van der Waals surface area contributed by atoms with Crippen molar-refractivity contribution in [2.24, 2.45) is 12.8 Å². The van der Waals surface area contributed by atoms with Gasteiger partial charge in [0.1, 0.15) is 10.5 Å². The predicted octanol–water partition coefficient (Wildman–Crippen LogP) is -0.407. The van der Waals surface area contributed by atoms with Crippen molar-refractivity contribution in [3.05, 3.63) is 33.1 Å². The van der Waals surface area contributed by atoms with E-state index in [-0.39, 0.29) is 34.9 Å². The summed E-state index contributed by atoms with van der Waals surface area (Å²) in [6.07, 6.45) is 4.33. The van der Waals surface area contributed by atoms with Crippen molar-refractivity contribution < 1.29 is 8.42 Å². The molecule has 0 saturated heterocycles. The van der Waals surface area contributed by atoms with Crippen molar-refractivity contribution in [3.63, 3.8) is 0 Å². The normalized spacial score (nSPS) is 16.7. The van der Waals surface area contributed by atoms with Gasteiger partial charge in [-0.15, -0.1) is 12.4 Å². The first-order chi connectivity index (χ1) is 11.3. The predicted molar refractivity (Wildman–Crippen MR) is 95.4 cm³/mol. The van der Waals surface area contributed by atoms with Crippen LogP contribution in [0.3, 0.4) is 0 Å². The molecule has 2 aromatic rings.